The molecule has 2 aromatic rings. The van der Waals surface area contributed by atoms with Crippen LogP contribution in [0.5, 0.6) is 0 Å². The fourth-order valence-corrected chi connectivity index (χ4v) is 2.43. The Hall–Kier alpha value is -1.26. The normalized spacial score (nSPS) is 14.9. The number of aromatic nitrogens is 2. The van der Waals surface area contributed by atoms with Crippen molar-refractivity contribution in [3.05, 3.63) is 35.0 Å². The topological polar surface area (TPSA) is 37.8 Å². The zero-order valence-electron chi connectivity index (χ0n) is 8.23. The monoisotopic (exact) mass is 217 g/mol. The number of nitrogens with zero attached hydrogens (tertiary/aromatic N) is 2. The first kappa shape index (κ1) is 9.00. The molecule has 3 rings (SSSR count). The van der Waals surface area contributed by atoms with Crippen LogP contribution in [0.15, 0.2) is 23.7 Å². The Morgan fingerprint density at radius 1 is 1.40 bits per heavy atom. The summed E-state index contributed by atoms with van der Waals surface area (Å²) in [6.45, 7) is 1.92. The van der Waals surface area contributed by atoms with Gasteiger partial charge in [0.25, 0.3) is 0 Å². The van der Waals surface area contributed by atoms with Crippen LogP contribution in [0.2, 0.25) is 0 Å². The molecule has 1 N–H and O–H groups in total. The Kier molecular flexibility index (Phi) is 2.23. The van der Waals surface area contributed by atoms with Crippen molar-refractivity contribution < 1.29 is 0 Å². The number of fused-ring (bicyclic) bond motifs is 1. The van der Waals surface area contributed by atoms with Gasteiger partial charge in [-0.3, -0.25) is 0 Å². The molecule has 0 unspecified atom stereocenters. The Balaban J connectivity index is 2.04. The molecule has 0 saturated heterocycles. The minimum atomic E-state index is 0.866. The van der Waals surface area contributed by atoms with Crippen LogP contribution in [0.25, 0.3) is 10.7 Å². The molecule has 2 aromatic heterocycles. The van der Waals surface area contributed by atoms with Gasteiger partial charge in [0, 0.05) is 31.3 Å². The summed E-state index contributed by atoms with van der Waals surface area (Å²) in [4.78, 5) is 10.2. The van der Waals surface area contributed by atoms with Crippen molar-refractivity contribution in [1.82, 2.24) is 15.3 Å². The molecule has 0 bridgehead atoms. The van der Waals surface area contributed by atoms with Gasteiger partial charge in [0.15, 0.2) is 5.82 Å². The molecule has 0 amide bonds. The molecular weight excluding hydrogens is 206 g/mol. The van der Waals surface area contributed by atoms with Crippen molar-refractivity contribution in [2.45, 2.75) is 13.0 Å². The van der Waals surface area contributed by atoms with Gasteiger partial charge in [-0.1, -0.05) is 6.07 Å². The van der Waals surface area contributed by atoms with Gasteiger partial charge in [0.1, 0.15) is 0 Å². The smallest absolute Gasteiger partial charge is 0.169 e. The van der Waals surface area contributed by atoms with Crippen LogP contribution < -0.4 is 5.32 Å². The third-order valence-electron chi connectivity index (χ3n) is 2.55. The van der Waals surface area contributed by atoms with Crippen LogP contribution in [0.4, 0.5) is 0 Å². The molecule has 4 heteroatoms. The summed E-state index contributed by atoms with van der Waals surface area (Å²) in [5.41, 5.74) is 2.44. The lowest BCUT2D eigenvalue weighted by Crippen LogP contribution is -2.24. The molecular formula is C11H11N3S. The maximum atomic E-state index is 4.62. The van der Waals surface area contributed by atoms with E-state index in [-0.39, 0.29) is 0 Å². The third-order valence-corrected chi connectivity index (χ3v) is 3.42. The summed E-state index contributed by atoms with van der Waals surface area (Å²) in [6.07, 6.45) is 2.96. The van der Waals surface area contributed by atoms with Gasteiger partial charge in [-0.05, 0) is 11.4 Å². The van der Waals surface area contributed by atoms with Crippen molar-refractivity contribution in [3.63, 3.8) is 0 Å². The summed E-state index contributed by atoms with van der Waals surface area (Å²) in [5, 5.41) is 5.37. The summed E-state index contributed by atoms with van der Waals surface area (Å²) >= 11 is 1.69. The molecule has 1 aliphatic heterocycles. The van der Waals surface area contributed by atoms with Crippen LogP contribution in [0, 0.1) is 0 Å². The minimum Gasteiger partial charge on any atom is -0.312 e. The van der Waals surface area contributed by atoms with Crippen molar-refractivity contribution in [1.29, 1.82) is 0 Å². The second-order valence-electron chi connectivity index (χ2n) is 3.57. The van der Waals surface area contributed by atoms with Gasteiger partial charge in [-0.2, -0.15) is 0 Å². The molecule has 1 aliphatic rings. The van der Waals surface area contributed by atoms with Gasteiger partial charge >= 0.3 is 0 Å². The predicted molar refractivity (Wildman–Crippen MR) is 60.8 cm³/mol. The Labute approximate surface area is 92.2 Å². The number of hydrogen-bond donors (Lipinski definition) is 1. The second kappa shape index (κ2) is 3.72. The van der Waals surface area contributed by atoms with E-state index >= 15 is 0 Å². The SMILES string of the molecule is c1csc(-c2ncc3c(n2)CCNC3)c1. The molecule has 0 radical (unpaired) electrons. The highest BCUT2D eigenvalue weighted by Gasteiger charge is 2.12. The zero-order valence-corrected chi connectivity index (χ0v) is 9.05. The number of thiophene rings is 1. The second-order valence-corrected chi connectivity index (χ2v) is 4.52. The van der Waals surface area contributed by atoms with Gasteiger partial charge in [0.2, 0.25) is 0 Å². The van der Waals surface area contributed by atoms with Crippen molar-refractivity contribution in [3.8, 4) is 10.7 Å². The van der Waals surface area contributed by atoms with Crippen LogP contribution >= 0.6 is 11.3 Å². The lowest BCUT2D eigenvalue weighted by atomic mass is 10.1. The quantitative estimate of drug-likeness (QED) is 0.792. The first-order chi connectivity index (χ1) is 7.43. The molecule has 76 valence electrons. The predicted octanol–water partition coefficient (Wildman–Crippen LogP) is 1.85. The highest BCUT2D eigenvalue weighted by molar-refractivity contribution is 7.13. The fraction of sp³-hybridized carbons (Fsp3) is 0.273. The van der Waals surface area contributed by atoms with E-state index in [2.05, 4.69) is 26.7 Å². The van der Waals surface area contributed by atoms with Crippen LogP contribution in [0.3, 0.4) is 0 Å². The molecule has 0 aromatic carbocycles. The molecule has 0 atom stereocenters. The van der Waals surface area contributed by atoms with E-state index in [0.29, 0.717) is 0 Å². The Morgan fingerprint density at radius 2 is 2.40 bits per heavy atom. The minimum absolute atomic E-state index is 0.866. The first-order valence-corrected chi connectivity index (χ1v) is 5.91. The van der Waals surface area contributed by atoms with Crippen molar-refractivity contribution in [2.24, 2.45) is 0 Å². The standard InChI is InChI=1S/C11H11N3S/c1-2-10(15-5-1)11-13-7-8-6-12-4-3-9(8)14-11/h1-2,5,7,12H,3-4,6H2. The molecule has 3 nitrogen and oxygen atoms in total. The summed E-state index contributed by atoms with van der Waals surface area (Å²) < 4.78 is 0. The van der Waals surface area contributed by atoms with Gasteiger partial charge in [-0.25, -0.2) is 9.97 Å². The average Bonchev–Trinajstić information content (AvgIpc) is 2.82. The molecule has 0 saturated carbocycles. The van der Waals surface area contributed by atoms with Crippen LogP contribution in [-0.2, 0) is 13.0 Å². The van der Waals surface area contributed by atoms with E-state index in [9.17, 15) is 0 Å². The molecule has 3 heterocycles. The Morgan fingerprint density at radius 3 is 3.27 bits per heavy atom. The lowest BCUT2D eigenvalue weighted by Gasteiger charge is -2.15. The number of rotatable bonds is 1. The van der Waals surface area contributed by atoms with Crippen molar-refractivity contribution >= 4 is 11.3 Å². The molecule has 0 fully saturated rings. The van der Waals surface area contributed by atoms with Crippen molar-refractivity contribution in [2.75, 3.05) is 6.54 Å². The van der Waals surface area contributed by atoms with Crippen LogP contribution in [0.1, 0.15) is 11.3 Å². The highest BCUT2D eigenvalue weighted by atomic mass is 32.1. The first-order valence-electron chi connectivity index (χ1n) is 5.03. The molecule has 0 aliphatic carbocycles. The fourth-order valence-electron chi connectivity index (χ4n) is 1.76. The zero-order chi connectivity index (χ0) is 10.1. The lowest BCUT2D eigenvalue weighted by molar-refractivity contribution is 0.627. The largest absolute Gasteiger partial charge is 0.312 e. The molecule has 15 heavy (non-hydrogen) atoms. The van der Waals surface area contributed by atoms with Crippen LogP contribution in [-0.4, -0.2) is 16.5 Å². The summed E-state index contributed by atoms with van der Waals surface area (Å²) in [6, 6.07) is 4.10. The van der Waals surface area contributed by atoms with Gasteiger partial charge in [0.05, 0.1) is 10.6 Å². The average molecular weight is 217 g/mol. The Bertz CT molecular complexity index is 465. The highest BCUT2D eigenvalue weighted by Crippen LogP contribution is 2.22. The van der Waals surface area contributed by atoms with E-state index in [1.54, 1.807) is 11.3 Å². The summed E-state index contributed by atoms with van der Waals surface area (Å²) in [5.74, 6) is 0.866. The number of nitrogens with one attached hydrogen (secondary N) is 1. The van der Waals surface area contributed by atoms with E-state index in [0.717, 1.165) is 30.2 Å². The van der Waals surface area contributed by atoms with Gasteiger partial charge < -0.3 is 5.32 Å². The van der Waals surface area contributed by atoms with E-state index in [1.807, 2.05) is 12.3 Å². The van der Waals surface area contributed by atoms with E-state index in [1.165, 1.54) is 11.3 Å². The maximum Gasteiger partial charge on any atom is 0.169 e. The van der Waals surface area contributed by atoms with Gasteiger partial charge in [-0.15, -0.1) is 11.3 Å². The maximum absolute atomic E-state index is 4.62. The molecule has 0 spiro atoms. The summed E-state index contributed by atoms with van der Waals surface area (Å²) in [7, 11) is 0. The number of hydrogen-bond acceptors (Lipinski definition) is 4. The van der Waals surface area contributed by atoms with E-state index in [4.69, 9.17) is 0 Å². The third kappa shape index (κ3) is 1.66. The van der Waals surface area contributed by atoms with E-state index < -0.39 is 0 Å².